The van der Waals surface area contributed by atoms with Crippen molar-refractivity contribution in [2.45, 2.75) is 97.3 Å². The molecule has 0 amide bonds. The van der Waals surface area contributed by atoms with Gasteiger partial charge < -0.3 is 5.73 Å². The summed E-state index contributed by atoms with van der Waals surface area (Å²) >= 11 is 0. The van der Waals surface area contributed by atoms with Crippen molar-refractivity contribution in [2.24, 2.45) is 17.1 Å². The highest BCUT2D eigenvalue weighted by molar-refractivity contribution is 4.86. The third-order valence-electron chi connectivity index (χ3n) is 5.49. The van der Waals surface area contributed by atoms with Crippen LogP contribution in [0.1, 0.15) is 97.3 Å². The summed E-state index contributed by atoms with van der Waals surface area (Å²) < 4.78 is 0. The molecule has 0 aromatic rings. The standard InChI is InChI=1S/C18H37N/c1-3-5-6-7-8-9-10-13-18(16-19)14-11-17(4-2)12-15-18/h17H,3-16,19H2,1-2H3. The zero-order valence-corrected chi connectivity index (χ0v) is 13.6. The smallest absolute Gasteiger partial charge is 0.00205 e. The Kier molecular flexibility index (Phi) is 8.77. The molecule has 0 spiro atoms. The normalized spacial score (nSPS) is 27.6. The van der Waals surface area contributed by atoms with Gasteiger partial charge in [0.25, 0.3) is 0 Å². The molecule has 0 aromatic carbocycles. The van der Waals surface area contributed by atoms with Gasteiger partial charge in [-0.05, 0) is 50.0 Å². The van der Waals surface area contributed by atoms with Crippen molar-refractivity contribution in [3.05, 3.63) is 0 Å². The zero-order chi connectivity index (χ0) is 14.0. The summed E-state index contributed by atoms with van der Waals surface area (Å²) in [6.07, 6.45) is 18.4. The lowest BCUT2D eigenvalue weighted by Crippen LogP contribution is -2.34. The van der Waals surface area contributed by atoms with Crippen LogP contribution >= 0.6 is 0 Å². The van der Waals surface area contributed by atoms with E-state index in [4.69, 9.17) is 5.73 Å². The Morgan fingerprint density at radius 2 is 1.47 bits per heavy atom. The number of hydrogen-bond donors (Lipinski definition) is 1. The third-order valence-corrected chi connectivity index (χ3v) is 5.49. The van der Waals surface area contributed by atoms with Crippen molar-refractivity contribution in [2.75, 3.05) is 6.54 Å². The number of rotatable bonds is 10. The minimum absolute atomic E-state index is 0.523. The van der Waals surface area contributed by atoms with Gasteiger partial charge in [-0.1, -0.05) is 65.2 Å². The first-order chi connectivity index (χ1) is 9.26. The van der Waals surface area contributed by atoms with Crippen LogP contribution in [0.2, 0.25) is 0 Å². The summed E-state index contributed by atoms with van der Waals surface area (Å²) in [5.74, 6) is 0.994. The molecule has 1 saturated carbocycles. The highest BCUT2D eigenvalue weighted by Gasteiger charge is 2.32. The lowest BCUT2D eigenvalue weighted by atomic mass is 9.67. The Morgan fingerprint density at radius 1 is 0.895 bits per heavy atom. The lowest BCUT2D eigenvalue weighted by molar-refractivity contribution is 0.138. The molecule has 1 nitrogen and oxygen atoms in total. The molecule has 0 heterocycles. The van der Waals surface area contributed by atoms with Gasteiger partial charge in [-0.15, -0.1) is 0 Å². The highest BCUT2D eigenvalue weighted by atomic mass is 14.6. The molecule has 0 bridgehead atoms. The van der Waals surface area contributed by atoms with E-state index in [-0.39, 0.29) is 0 Å². The van der Waals surface area contributed by atoms with Crippen LogP contribution in [0.3, 0.4) is 0 Å². The van der Waals surface area contributed by atoms with E-state index in [2.05, 4.69) is 13.8 Å². The molecule has 0 atom stereocenters. The van der Waals surface area contributed by atoms with E-state index < -0.39 is 0 Å². The molecule has 1 rings (SSSR count). The molecule has 0 aromatic heterocycles. The zero-order valence-electron chi connectivity index (χ0n) is 13.6. The summed E-state index contributed by atoms with van der Waals surface area (Å²) in [5, 5.41) is 0. The number of unbranched alkanes of at least 4 members (excludes halogenated alkanes) is 6. The van der Waals surface area contributed by atoms with E-state index >= 15 is 0 Å². The van der Waals surface area contributed by atoms with Crippen molar-refractivity contribution in [1.29, 1.82) is 0 Å². The highest BCUT2D eigenvalue weighted by Crippen LogP contribution is 2.42. The number of nitrogens with two attached hydrogens (primary N) is 1. The Balaban J connectivity index is 2.11. The Hall–Kier alpha value is -0.0400. The van der Waals surface area contributed by atoms with Crippen molar-refractivity contribution in [1.82, 2.24) is 0 Å². The van der Waals surface area contributed by atoms with Gasteiger partial charge in [-0.25, -0.2) is 0 Å². The van der Waals surface area contributed by atoms with Crippen LogP contribution in [-0.2, 0) is 0 Å². The molecule has 0 unspecified atom stereocenters. The second kappa shape index (κ2) is 9.80. The lowest BCUT2D eigenvalue weighted by Gasteiger charge is -2.39. The Bertz CT molecular complexity index is 204. The molecule has 1 aliphatic rings. The minimum Gasteiger partial charge on any atom is -0.330 e. The molecular formula is C18H37N. The Labute approximate surface area is 121 Å². The quantitative estimate of drug-likeness (QED) is 0.507. The molecule has 0 saturated heterocycles. The fourth-order valence-electron chi connectivity index (χ4n) is 3.71. The topological polar surface area (TPSA) is 26.0 Å². The summed E-state index contributed by atoms with van der Waals surface area (Å²) in [4.78, 5) is 0. The predicted molar refractivity (Wildman–Crippen MR) is 86.3 cm³/mol. The fourth-order valence-corrected chi connectivity index (χ4v) is 3.71. The molecule has 1 heteroatoms. The Morgan fingerprint density at radius 3 is 2.00 bits per heavy atom. The maximum absolute atomic E-state index is 6.11. The maximum Gasteiger partial charge on any atom is -0.00205 e. The van der Waals surface area contributed by atoms with Crippen LogP contribution in [0.15, 0.2) is 0 Å². The maximum atomic E-state index is 6.11. The van der Waals surface area contributed by atoms with E-state index in [1.807, 2.05) is 0 Å². The molecule has 0 radical (unpaired) electrons. The third kappa shape index (κ3) is 6.29. The van der Waals surface area contributed by atoms with Gasteiger partial charge >= 0.3 is 0 Å². The van der Waals surface area contributed by atoms with Gasteiger partial charge in [-0.3, -0.25) is 0 Å². The van der Waals surface area contributed by atoms with E-state index in [1.54, 1.807) is 0 Å². The van der Waals surface area contributed by atoms with Crippen LogP contribution in [-0.4, -0.2) is 6.54 Å². The predicted octanol–water partition coefficient (Wildman–Crippen LogP) is 5.67. The molecule has 19 heavy (non-hydrogen) atoms. The molecule has 2 N–H and O–H groups in total. The van der Waals surface area contributed by atoms with Gasteiger partial charge in [0.1, 0.15) is 0 Å². The SMILES string of the molecule is CCCCCCCCCC1(CN)CCC(CC)CC1. The average Bonchev–Trinajstić information content (AvgIpc) is 2.47. The summed E-state index contributed by atoms with van der Waals surface area (Å²) in [5.41, 5.74) is 6.63. The van der Waals surface area contributed by atoms with Crippen molar-refractivity contribution in [3.63, 3.8) is 0 Å². The van der Waals surface area contributed by atoms with E-state index in [1.165, 1.54) is 83.5 Å². The van der Waals surface area contributed by atoms with Gasteiger partial charge in [0.05, 0.1) is 0 Å². The van der Waals surface area contributed by atoms with Gasteiger partial charge in [0.2, 0.25) is 0 Å². The van der Waals surface area contributed by atoms with Crippen molar-refractivity contribution < 1.29 is 0 Å². The molecule has 1 aliphatic carbocycles. The molecule has 114 valence electrons. The van der Waals surface area contributed by atoms with Crippen molar-refractivity contribution in [3.8, 4) is 0 Å². The summed E-state index contributed by atoms with van der Waals surface area (Å²) in [6.45, 7) is 5.56. The summed E-state index contributed by atoms with van der Waals surface area (Å²) in [6, 6.07) is 0. The van der Waals surface area contributed by atoms with Crippen LogP contribution in [0.25, 0.3) is 0 Å². The second-order valence-corrected chi connectivity index (χ2v) is 6.93. The largest absolute Gasteiger partial charge is 0.330 e. The first kappa shape index (κ1) is 17.0. The van der Waals surface area contributed by atoms with Crippen LogP contribution in [0.4, 0.5) is 0 Å². The first-order valence-corrected chi connectivity index (χ1v) is 8.96. The molecule has 0 aliphatic heterocycles. The van der Waals surface area contributed by atoms with E-state index in [0.717, 1.165) is 12.5 Å². The van der Waals surface area contributed by atoms with Crippen LogP contribution in [0, 0.1) is 11.3 Å². The van der Waals surface area contributed by atoms with Crippen LogP contribution in [0.5, 0.6) is 0 Å². The second-order valence-electron chi connectivity index (χ2n) is 6.93. The average molecular weight is 268 g/mol. The monoisotopic (exact) mass is 267 g/mol. The van der Waals surface area contributed by atoms with Gasteiger partial charge in [-0.2, -0.15) is 0 Å². The van der Waals surface area contributed by atoms with Gasteiger partial charge in [0.15, 0.2) is 0 Å². The molecule has 1 fully saturated rings. The number of hydrogen-bond acceptors (Lipinski definition) is 1. The van der Waals surface area contributed by atoms with Crippen molar-refractivity contribution >= 4 is 0 Å². The van der Waals surface area contributed by atoms with Crippen LogP contribution < -0.4 is 5.73 Å². The van der Waals surface area contributed by atoms with E-state index in [0.29, 0.717) is 5.41 Å². The molecular weight excluding hydrogens is 230 g/mol. The fraction of sp³-hybridized carbons (Fsp3) is 1.00. The first-order valence-electron chi connectivity index (χ1n) is 8.96. The summed E-state index contributed by atoms with van der Waals surface area (Å²) in [7, 11) is 0. The van der Waals surface area contributed by atoms with Gasteiger partial charge in [0, 0.05) is 0 Å². The minimum atomic E-state index is 0.523. The van der Waals surface area contributed by atoms with E-state index in [9.17, 15) is 0 Å².